The molecule has 3 nitrogen and oxygen atoms in total. The molecule has 0 aromatic heterocycles. The van der Waals surface area contributed by atoms with E-state index in [1.165, 1.54) is 24.8 Å². The molecule has 3 heteroatoms. The first-order chi connectivity index (χ1) is 9.17. The van der Waals surface area contributed by atoms with E-state index in [0.717, 1.165) is 5.75 Å². The third-order valence-corrected chi connectivity index (χ3v) is 4.35. The number of benzene rings is 1. The summed E-state index contributed by atoms with van der Waals surface area (Å²) in [6.07, 6.45) is 3.88. The van der Waals surface area contributed by atoms with Crippen LogP contribution in [-0.2, 0) is 0 Å². The summed E-state index contributed by atoms with van der Waals surface area (Å²) in [7, 11) is 1.70. The van der Waals surface area contributed by atoms with Crippen LogP contribution in [0.25, 0.3) is 0 Å². The number of hydrogen-bond acceptors (Lipinski definition) is 3. The van der Waals surface area contributed by atoms with Gasteiger partial charge in [-0.3, -0.25) is 4.90 Å². The maximum atomic E-state index is 6.06. The normalized spacial score (nSPS) is 26.1. The molecule has 106 valence electrons. The third kappa shape index (κ3) is 3.10. The molecule has 2 rings (SSSR count). The molecule has 1 heterocycles. The van der Waals surface area contributed by atoms with Gasteiger partial charge in [-0.2, -0.15) is 0 Å². The first kappa shape index (κ1) is 14.4. The minimum absolute atomic E-state index is 0.316. The molecule has 2 N–H and O–H groups in total. The molecule has 0 amide bonds. The molecular formula is C16H26N2O. The van der Waals surface area contributed by atoms with Crippen molar-refractivity contribution in [2.24, 2.45) is 5.73 Å². The number of ether oxygens (including phenoxy) is 1. The second kappa shape index (κ2) is 6.40. The Morgan fingerprint density at radius 3 is 2.26 bits per heavy atom. The minimum Gasteiger partial charge on any atom is -0.497 e. The molecule has 1 fully saturated rings. The molecule has 1 aromatic rings. The van der Waals surface area contributed by atoms with Gasteiger partial charge in [0, 0.05) is 24.7 Å². The van der Waals surface area contributed by atoms with Gasteiger partial charge in [0.1, 0.15) is 5.75 Å². The van der Waals surface area contributed by atoms with Gasteiger partial charge in [-0.25, -0.2) is 0 Å². The van der Waals surface area contributed by atoms with Crippen LogP contribution in [0.1, 0.15) is 44.7 Å². The van der Waals surface area contributed by atoms with Gasteiger partial charge in [0.2, 0.25) is 0 Å². The van der Waals surface area contributed by atoms with Gasteiger partial charge in [0.25, 0.3) is 0 Å². The van der Waals surface area contributed by atoms with Crippen LogP contribution in [0.2, 0.25) is 0 Å². The summed E-state index contributed by atoms with van der Waals surface area (Å²) in [5.41, 5.74) is 7.35. The summed E-state index contributed by atoms with van der Waals surface area (Å²) in [6, 6.07) is 9.87. The van der Waals surface area contributed by atoms with E-state index in [2.05, 4.69) is 30.9 Å². The van der Waals surface area contributed by atoms with E-state index < -0.39 is 0 Å². The van der Waals surface area contributed by atoms with E-state index in [1.807, 2.05) is 12.1 Å². The lowest BCUT2D eigenvalue weighted by Crippen LogP contribution is -2.48. The Morgan fingerprint density at radius 2 is 1.79 bits per heavy atom. The highest BCUT2D eigenvalue weighted by Crippen LogP contribution is 2.32. The highest BCUT2D eigenvalue weighted by molar-refractivity contribution is 5.29. The number of rotatable bonds is 4. The zero-order valence-electron chi connectivity index (χ0n) is 12.3. The topological polar surface area (TPSA) is 38.5 Å². The third-order valence-electron chi connectivity index (χ3n) is 4.35. The first-order valence-electron chi connectivity index (χ1n) is 7.28. The Morgan fingerprint density at radius 1 is 1.21 bits per heavy atom. The van der Waals surface area contributed by atoms with Gasteiger partial charge in [-0.1, -0.05) is 18.6 Å². The van der Waals surface area contributed by atoms with Gasteiger partial charge < -0.3 is 10.5 Å². The van der Waals surface area contributed by atoms with Crippen LogP contribution >= 0.6 is 0 Å². The maximum absolute atomic E-state index is 6.06. The molecule has 3 atom stereocenters. The molecule has 0 aliphatic carbocycles. The second-order valence-electron chi connectivity index (χ2n) is 5.60. The predicted octanol–water partition coefficient (Wildman–Crippen LogP) is 2.96. The van der Waals surface area contributed by atoms with Crippen molar-refractivity contribution in [2.75, 3.05) is 13.7 Å². The van der Waals surface area contributed by atoms with Gasteiger partial charge in [0.05, 0.1) is 7.11 Å². The lowest BCUT2D eigenvalue weighted by atomic mass is 9.92. The highest BCUT2D eigenvalue weighted by Gasteiger charge is 2.31. The Hall–Kier alpha value is -1.06. The molecule has 1 unspecified atom stereocenters. The minimum atomic E-state index is 0.316. The summed E-state index contributed by atoms with van der Waals surface area (Å²) in [5.74, 6) is 0.902. The monoisotopic (exact) mass is 262 g/mol. The average molecular weight is 262 g/mol. The summed E-state index contributed by atoms with van der Waals surface area (Å²) < 4.78 is 5.23. The zero-order valence-corrected chi connectivity index (χ0v) is 12.3. The summed E-state index contributed by atoms with van der Waals surface area (Å²) in [5, 5.41) is 0. The summed E-state index contributed by atoms with van der Waals surface area (Å²) in [6.45, 7) is 5.31. The van der Waals surface area contributed by atoms with Crippen molar-refractivity contribution in [3.8, 4) is 5.75 Å². The van der Waals surface area contributed by atoms with Crippen LogP contribution in [0.4, 0.5) is 0 Å². The molecule has 0 radical (unpaired) electrons. The smallest absolute Gasteiger partial charge is 0.118 e. The molecular weight excluding hydrogens is 236 g/mol. The fourth-order valence-electron chi connectivity index (χ4n) is 3.31. The lowest BCUT2D eigenvalue weighted by molar-refractivity contribution is 0.0577. The van der Waals surface area contributed by atoms with Gasteiger partial charge in [0.15, 0.2) is 0 Å². The molecule has 19 heavy (non-hydrogen) atoms. The number of piperidine rings is 1. The van der Waals surface area contributed by atoms with E-state index in [1.54, 1.807) is 7.11 Å². The standard InChI is InChI=1S/C16H26N2O/c1-12-5-4-6-13(2)18(12)16(11-17)14-7-9-15(19-3)10-8-14/h7-10,12-13,16H,4-6,11,17H2,1-3H3/t12-,13+,16?. The average Bonchev–Trinajstić information content (AvgIpc) is 2.43. The SMILES string of the molecule is COc1ccc(C(CN)N2[C@H](C)CCC[C@@H]2C)cc1. The number of methoxy groups -OCH3 is 1. The van der Waals surface area contributed by atoms with Crippen LogP contribution in [0, 0.1) is 0 Å². The van der Waals surface area contributed by atoms with Crippen LogP contribution in [0.3, 0.4) is 0 Å². The summed E-state index contributed by atoms with van der Waals surface area (Å²) >= 11 is 0. The zero-order chi connectivity index (χ0) is 13.8. The predicted molar refractivity (Wildman–Crippen MR) is 79.4 cm³/mol. The number of hydrogen-bond donors (Lipinski definition) is 1. The largest absolute Gasteiger partial charge is 0.497 e. The lowest BCUT2D eigenvalue weighted by Gasteiger charge is -2.44. The molecule has 0 bridgehead atoms. The Kier molecular flexibility index (Phi) is 4.83. The van der Waals surface area contributed by atoms with Crippen molar-refractivity contribution in [3.63, 3.8) is 0 Å². The fourth-order valence-corrected chi connectivity index (χ4v) is 3.31. The molecule has 1 aliphatic rings. The van der Waals surface area contributed by atoms with E-state index in [4.69, 9.17) is 10.5 Å². The van der Waals surface area contributed by atoms with Gasteiger partial charge in [-0.15, -0.1) is 0 Å². The highest BCUT2D eigenvalue weighted by atomic mass is 16.5. The molecule has 0 saturated carbocycles. The van der Waals surface area contributed by atoms with Crippen LogP contribution < -0.4 is 10.5 Å². The van der Waals surface area contributed by atoms with Crippen molar-refractivity contribution in [1.82, 2.24) is 4.90 Å². The molecule has 1 aromatic carbocycles. The maximum Gasteiger partial charge on any atom is 0.118 e. The van der Waals surface area contributed by atoms with E-state index in [9.17, 15) is 0 Å². The van der Waals surface area contributed by atoms with Gasteiger partial charge >= 0.3 is 0 Å². The Balaban J connectivity index is 2.21. The van der Waals surface area contributed by atoms with Crippen molar-refractivity contribution in [1.29, 1.82) is 0 Å². The molecule has 0 spiro atoms. The number of likely N-dealkylation sites (tertiary alicyclic amines) is 1. The number of nitrogens with zero attached hydrogens (tertiary/aromatic N) is 1. The Bertz CT molecular complexity index is 380. The summed E-state index contributed by atoms with van der Waals surface area (Å²) in [4.78, 5) is 2.59. The molecule has 1 saturated heterocycles. The van der Waals surface area contributed by atoms with Crippen LogP contribution in [0.15, 0.2) is 24.3 Å². The van der Waals surface area contributed by atoms with E-state index in [0.29, 0.717) is 24.7 Å². The van der Waals surface area contributed by atoms with Crippen LogP contribution in [-0.4, -0.2) is 30.6 Å². The van der Waals surface area contributed by atoms with Crippen molar-refractivity contribution in [3.05, 3.63) is 29.8 Å². The fraction of sp³-hybridized carbons (Fsp3) is 0.625. The number of nitrogens with two attached hydrogens (primary N) is 1. The first-order valence-corrected chi connectivity index (χ1v) is 7.28. The van der Waals surface area contributed by atoms with Crippen molar-refractivity contribution < 1.29 is 4.74 Å². The second-order valence-corrected chi connectivity index (χ2v) is 5.60. The quantitative estimate of drug-likeness (QED) is 0.906. The Labute approximate surface area is 116 Å². The van der Waals surface area contributed by atoms with Crippen molar-refractivity contribution in [2.45, 2.75) is 51.2 Å². The van der Waals surface area contributed by atoms with E-state index in [-0.39, 0.29) is 0 Å². The van der Waals surface area contributed by atoms with Crippen LogP contribution in [0.5, 0.6) is 5.75 Å². The van der Waals surface area contributed by atoms with E-state index >= 15 is 0 Å². The van der Waals surface area contributed by atoms with Gasteiger partial charge in [-0.05, 0) is 44.4 Å². The van der Waals surface area contributed by atoms with Crippen molar-refractivity contribution >= 4 is 0 Å². The molecule has 1 aliphatic heterocycles.